The van der Waals surface area contributed by atoms with Crippen molar-refractivity contribution >= 4 is 10.9 Å². The SMILES string of the molecule is CCN(CC)CCNCc1ccc2cccc(OC)c2n1. The van der Waals surface area contributed by atoms with Gasteiger partial charge in [0.25, 0.3) is 0 Å². The minimum Gasteiger partial charge on any atom is -0.494 e. The molecule has 2 rings (SSSR count). The van der Waals surface area contributed by atoms with Gasteiger partial charge in [0.05, 0.1) is 12.8 Å². The maximum Gasteiger partial charge on any atom is 0.145 e. The highest BCUT2D eigenvalue weighted by molar-refractivity contribution is 5.84. The predicted octanol–water partition coefficient (Wildman–Crippen LogP) is 2.67. The van der Waals surface area contributed by atoms with Gasteiger partial charge in [0.15, 0.2) is 0 Å². The first-order valence-corrected chi connectivity index (χ1v) is 7.64. The maximum atomic E-state index is 5.38. The summed E-state index contributed by atoms with van der Waals surface area (Å²) in [4.78, 5) is 7.11. The second kappa shape index (κ2) is 7.96. The highest BCUT2D eigenvalue weighted by Gasteiger charge is 2.04. The number of ether oxygens (including phenoxy) is 1. The Balaban J connectivity index is 1.96. The second-order valence-electron chi connectivity index (χ2n) is 5.04. The van der Waals surface area contributed by atoms with E-state index < -0.39 is 0 Å². The second-order valence-corrected chi connectivity index (χ2v) is 5.04. The molecule has 4 heteroatoms. The quantitative estimate of drug-likeness (QED) is 0.758. The molecule has 0 radical (unpaired) electrons. The van der Waals surface area contributed by atoms with E-state index in [9.17, 15) is 0 Å². The fourth-order valence-electron chi connectivity index (χ4n) is 2.42. The molecule has 0 aliphatic rings. The Labute approximate surface area is 127 Å². The van der Waals surface area contributed by atoms with E-state index in [-0.39, 0.29) is 0 Å². The van der Waals surface area contributed by atoms with Gasteiger partial charge in [0, 0.05) is 25.0 Å². The number of methoxy groups -OCH3 is 1. The zero-order valence-electron chi connectivity index (χ0n) is 13.2. The van der Waals surface area contributed by atoms with E-state index in [2.05, 4.69) is 42.3 Å². The van der Waals surface area contributed by atoms with Crippen LogP contribution in [0.3, 0.4) is 0 Å². The largest absolute Gasteiger partial charge is 0.494 e. The van der Waals surface area contributed by atoms with Gasteiger partial charge >= 0.3 is 0 Å². The third-order valence-electron chi connectivity index (χ3n) is 3.77. The van der Waals surface area contributed by atoms with Crippen molar-refractivity contribution in [2.24, 2.45) is 0 Å². The lowest BCUT2D eigenvalue weighted by Gasteiger charge is -2.17. The van der Waals surface area contributed by atoms with Crippen molar-refractivity contribution in [3.05, 3.63) is 36.0 Å². The molecule has 0 bridgehead atoms. The van der Waals surface area contributed by atoms with E-state index in [4.69, 9.17) is 9.72 Å². The topological polar surface area (TPSA) is 37.4 Å². The lowest BCUT2D eigenvalue weighted by molar-refractivity contribution is 0.302. The summed E-state index contributed by atoms with van der Waals surface area (Å²) < 4.78 is 5.38. The lowest BCUT2D eigenvalue weighted by Crippen LogP contribution is -2.31. The maximum absolute atomic E-state index is 5.38. The Morgan fingerprint density at radius 3 is 2.67 bits per heavy atom. The van der Waals surface area contributed by atoms with Crippen molar-refractivity contribution in [3.63, 3.8) is 0 Å². The molecule has 0 atom stereocenters. The van der Waals surface area contributed by atoms with Crippen molar-refractivity contribution < 1.29 is 4.74 Å². The van der Waals surface area contributed by atoms with E-state index in [1.54, 1.807) is 7.11 Å². The zero-order chi connectivity index (χ0) is 15.1. The average molecular weight is 287 g/mol. The van der Waals surface area contributed by atoms with Crippen LogP contribution in [0.5, 0.6) is 5.75 Å². The third-order valence-corrected chi connectivity index (χ3v) is 3.77. The van der Waals surface area contributed by atoms with Gasteiger partial charge in [-0.2, -0.15) is 0 Å². The lowest BCUT2D eigenvalue weighted by atomic mass is 10.2. The number of para-hydroxylation sites is 1. The average Bonchev–Trinajstić information content (AvgIpc) is 2.54. The Kier molecular flexibility index (Phi) is 5.96. The molecule has 2 aromatic rings. The number of benzene rings is 1. The van der Waals surface area contributed by atoms with E-state index in [0.29, 0.717) is 0 Å². The van der Waals surface area contributed by atoms with Crippen molar-refractivity contribution in [2.75, 3.05) is 33.3 Å². The summed E-state index contributed by atoms with van der Waals surface area (Å²) in [5.74, 6) is 0.831. The number of aromatic nitrogens is 1. The van der Waals surface area contributed by atoms with Crippen molar-refractivity contribution in [2.45, 2.75) is 20.4 Å². The van der Waals surface area contributed by atoms with Crippen LogP contribution < -0.4 is 10.1 Å². The van der Waals surface area contributed by atoms with Crippen LogP contribution in [-0.4, -0.2) is 43.2 Å². The Morgan fingerprint density at radius 1 is 1.14 bits per heavy atom. The third kappa shape index (κ3) is 4.16. The molecule has 1 aromatic carbocycles. The van der Waals surface area contributed by atoms with Crippen molar-refractivity contribution in [1.82, 2.24) is 15.2 Å². The summed E-state index contributed by atoms with van der Waals surface area (Å²) in [6.07, 6.45) is 0. The normalized spacial score (nSPS) is 11.2. The Hall–Kier alpha value is -1.65. The van der Waals surface area contributed by atoms with Gasteiger partial charge in [-0.05, 0) is 25.2 Å². The summed E-state index contributed by atoms with van der Waals surface area (Å²) in [6.45, 7) is 9.43. The smallest absolute Gasteiger partial charge is 0.145 e. The molecule has 21 heavy (non-hydrogen) atoms. The number of likely N-dealkylation sites (N-methyl/N-ethyl adjacent to an activating group) is 1. The fraction of sp³-hybridized carbons (Fsp3) is 0.471. The molecule has 0 saturated heterocycles. The molecule has 1 aromatic heterocycles. The first-order chi connectivity index (χ1) is 10.3. The molecular formula is C17H25N3O. The summed E-state index contributed by atoms with van der Waals surface area (Å²) in [5, 5.41) is 4.57. The van der Waals surface area contributed by atoms with Crippen LogP contribution in [-0.2, 0) is 6.54 Å². The number of nitrogens with one attached hydrogen (secondary N) is 1. The van der Waals surface area contributed by atoms with E-state index in [0.717, 1.165) is 55.1 Å². The van der Waals surface area contributed by atoms with Crippen LogP contribution in [0.15, 0.2) is 30.3 Å². The van der Waals surface area contributed by atoms with Crippen LogP contribution in [0.25, 0.3) is 10.9 Å². The van der Waals surface area contributed by atoms with E-state index >= 15 is 0 Å². The van der Waals surface area contributed by atoms with Gasteiger partial charge in [-0.15, -0.1) is 0 Å². The van der Waals surface area contributed by atoms with Crippen LogP contribution >= 0.6 is 0 Å². The Bertz CT molecular complexity index is 567. The van der Waals surface area contributed by atoms with Crippen molar-refractivity contribution in [3.8, 4) is 5.75 Å². The van der Waals surface area contributed by atoms with Gasteiger partial charge < -0.3 is 15.0 Å². The van der Waals surface area contributed by atoms with Crippen LogP contribution in [0.1, 0.15) is 19.5 Å². The molecule has 0 unspecified atom stereocenters. The number of fused-ring (bicyclic) bond motifs is 1. The summed E-state index contributed by atoms with van der Waals surface area (Å²) in [6, 6.07) is 10.2. The van der Waals surface area contributed by atoms with Crippen LogP contribution in [0, 0.1) is 0 Å². The fourth-order valence-corrected chi connectivity index (χ4v) is 2.42. The molecular weight excluding hydrogens is 262 g/mol. The minimum absolute atomic E-state index is 0.787. The molecule has 0 aliphatic heterocycles. The first kappa shape index (κ1) is 15.7. The number of rotatable bonds is 8. The molecule has 4 nitrogen and oxygen atoms in total. The van der Waals surface area contributed by atoms with Gasteiger partial charge in [-0.25, -0.2) is 4.98 Å². The summed E-state index contributed by atoms with van der Waals surface area (Å²) >= 11 is 0. The highest BCUT2D eigenvalue weighted by Crippen LogP contribution is 2.23. The molecule has 0 saturated carbocycles. The molecule has 0 spiro atoms. The molecule has 0 fully saturated rings. The molecule has 1 N–H and O–H groups in total. The van der Waals surface area contributed by atoms with E-state index in [1.807, 2.05) is 12.1 Å². The monoisotopic (exact) mass is 287 g/mol. The van der Waals surface area contributed by atoms with E-state index in [1.165, 1.54) is 0 Å². The number of hydrogen-bond acceptors (Lipinski definition) is 4. The molecule has 114 valence electrons. The summed E-state index contributed by atoms with van der Waals surface area (Å²) in [7, 11) is 1.69. The first-order valence-electron chi connectivity index (χ1n) is 7.64. The Morgan fingerprint density at radius 2 is 1.95 bits per heavy atom. The van der Waals surface area contributed by atoms with Gasteiger partial charge in [-0.3, -0.25) is 0 Å². The molecule has 0 aliphatic carbocycles. The number of pyridine rings is 1. The number of hydrogen-bond donors (Lipinski definition) is 1. The zero-order valence-corrected chi connectivity index (χ0v) is 13.2. The standard InChI is InChI=1S/C17H25N3O/c1-4-20(5-2)12-11-18-13-15-10-9-14-7-6-8-16(21-3)17(14)19-15/h6-10,18H,4-5,11-13H2,1-3H3. The van der Waals surface area contributed by atoms with Gasteiger partial charge in [0.2, 0.25) is 0 Å². The number of nitrogens with zero attached hydrogens (tertiary/aromatic N) is 2. The van der Waals surface area contributed by atoms with Crippen LogP contribution in [0.4, 0.5) is 0 Å². The molecule has 1 heterocycles. The van der Waals surface area contributed by atoms with Gasteiger partial charge in [0.1, 0.15) is 11.3 Å². The highest BCUT2D eigenvalue weighted by atomic mass is 16.5. The van der Waals surface area contributed by atoms with Gasteiger partial charge in [-0.1, -0.05) is 32.0 Å². The molecule has 0 amide bonds. The van der Waals surface area contributed by atoms with Crippen LogP contribution in [0.2, 0.25) is 0 Å². The predicted molar refractivity (Wildman–Crippen MR) is 87.8 cm³/mol. The van der Waals surface area contributed by atoms with Crippen molar-refractivity contribution in [1.29, 1.82) is 0 Å². The summed E-state index contributed by atoms with van der Waals surface area (Å²) in [5.41, 5.74) is 1.98. The minimum atomic E-state index is 0.787.